The van der Waals surface area contributed by atoms with E-state index < -0.39 is 78.2 Å². The summed E-state index contributed by atoms with van der Waals surface area (Å²) in [6.45, 7) is 10.3. The SMILES string of the molecule is CC(C)C[C@H](N)[C@@H](O)C(=O)N[C@H](C(=O)N[C@@H](C(=O)N[C@@H](CC(=O)O)C(=O)O)C(C)C)C(C)C.Cl. The number of carbonyl (C=O) groups excluding carboxylic acids is 3. The van der Waals surface area contributed by atoms with Crippen molar-refractivity contribution in [3.8, 4) is 0 Å². The second kappa shape index (κ2) is 15.5. The first-order valence-electron chi connectivity index (χ1n) is 10.9. The van der Waals surface area contributed by atoms with Gasteiger partial charge in [-0.15, -0.1) is 12.4 Å². The van der Waals surface area contributed by atoms with Crippen molar-refractivity contribution < 1.29 is 39.3 Å². The van der Waals surface area contributed by atoms with Crippen LogP contribution in [0.3, 0.4) is 0 Å². The van der Waals surface area contributed by atoms with E-state index in [1.165, 1.54) is 0 Å². The molecule has 34 heavy (non-hydrogen) atoms. The van der Waals surface area contributed by atoms with Gasteiger partial charge in [-0.3, -0.25) is 19.2 Å². The van der Waals surface area contributed by atoms with Gasteiger partial charge in [-0.2, -0.15) is 0 Å². The zero-order valence-electron chi connectivity index (χ0n) is 20.4. The van der Waals surface area contributed by atoms with Crippen LogP contribution >= 0.6 is 12.4 Å². The molecule has 0 aliphatic carbocycles. The molecule has 0 aromatic heterocycles. The highest BCUT2D eigenvalue weighted by Gasteiger charge is 2.34. The summed E-state index contributed by atoms with van der Waals surface area (Å²) in [4.78, 5) is 60.0. The quantitative estimate of drug-likeness (QED) is 0.160. The average molecular weight is 511 g/mol. The summed E-state index contributed by atoms with van der Waals surface area (Å²) in [6.07, 6.45) is -1.97. The number of rotatable bonds is 14. The van der Waals surface area contributed by atoms with Crippen molar-refractivity contribution in [3.63, 3.8) is 0 Å². The molecule has 0 radical (unpaired) electrons. The van der Waals surface area contributed by atoms with Gasteiger partial charge in [0.2, 0.25) is 11.8 Å². The van der Waals surface area contributed by atoms with E-state index in [0.29, 0.717) is 6.42 Å². The molecule has 13 heteroatoms. The fourth-order valence-electron chi connectivity index (χ4n) is 3.06. The summed E-state index contributed by atoms with van der Waals surface area (Å²) < 4.78 is 0. The van der Waals surface area contributed by atoms with E-state index in [4.69, 9.17) is 15.9 Å². The van der Waals surface area contributed by atoms with Gasteiger partial charge in [-0.05, 0) is 24.2 Å². The molecule has 3 amide bonds. The normalized spacial score (nSPS) is 15.5. The van der Waals surface area contributed by atoms with Crippen molar-refractivity contribution in [1.82, 2.24) is 16.0 Å². The van der Waals surface area contributed by atoms with E-state index in [1.807, 2.05) is 13.8 Å². The van der Waals surface area contributed by atoms with Crippen LogP contribution in [0.25, 0.3) is 0 Å². The minimum absolute atomic E-state index is 0. The molecule has 5 atom stereocenters. The Morgan fingerprint density at radius 2 is 1.18 bits per heavy atom. The monoisotopic (exact) mass is 510 g/mol. The maximum Gasteiger partial charge on any atom is 0.326 e. The van der Waals surface area contributed by atoms with Gasteiger partial charge in [-0.25, -0.2) is 4.79 Å². The van der Waals surface area contributed by atoms with Crippen molar-refractivity contribution in [2.75, 3.05) is 0 Å². The second-order valence-corrected chi connectivity index (χ2v) is 9.20. The van der Waals surface area contributed by atoms with Crippen LogP contribution < -0.4 is 21.7 Å². The lowest BCUT2D eigenvalue weighted by Gasteiger charge is -2.29. The highest BCUT2D eigenvalue weighted by molar-refractivity contribution is 5.94. The summed E-state index contributed by atoms with van der Waals surface area (Å²) in [6, 6.07) is -4.80. The van der Waals surface area contributed by atoms with Crippen LogP contribution in [0.2, 0.25) is 0 Å². The number of hydrogen-bond donors (Lipinski definition) is 7. The van der Waals surface area contributed by atoms with Gasteiger partial charge in [0.05, 0.1) is 6.42 Å². The van der Waals surface area contributed by atoms with Gasteiger partial charge < -0.3 is 37.0 Å². The van der Waals surface area contributed by atoms with Crippen LogP contribution in [0.4, 0.5) is 0 Å². The Hall–Kier alpha value is -2.44. The lowest BCUT2D eigenvalue weighted by Crippen LogP contribution is -2.60. The summed E-state index contributed by atoms with van der Waals surface area (Å²) in [5.74, 6) is -6.12. The average Bonchev–Trinajstić information content (AvgIpc) is 2.66. The summed E-state index contributed by atoms with van der Waals surface area (Å²) in [5, 5.41) is 35.2. The number of hydrogen-bond acceptors (Lipinski definition) is 7. The molecule has 0 aliphatic heterocycles. The van der Waals surface area contributed by atoms with E-state index in [-0.39, 0.29) is 18.3 Å². The van der Waals surface area contributed by atoms with E-state index in [1.54, 1.807) is 27.7 Å². The van der Waals surface area contributed by atoms with E-state index in [2.05, 4.69) is 16.0 Å². The third-order valence-corrected chi connectivity index (χ3v) is 4.90. The van der Waals surface area contributed by atoms with E-state index in [9.17, 15) is 29.1 Å². The van der Waals surface area contributed by atoms with Crippen molar-refractivity contribution >= 4 is 42.1 Å². The fourth-order valence-corrected chi connectivity index (χ4v) is 3.06. The lowest BCUT2D eigenvalue weighted by molar-refractivity contribution is -0.147. The summed E-state index contributed by atoms with van der Waals surface area (Å²) in [5.41, 5.74) is 5.86. The molecular formula is C21H39ClN4O8. The molecule has 0 bridgehead atoms. The Morgan fingerprint density at radius 3 is 1.53 bits per heavy atom. The topological polar surface area (TPSA) is 208 Å². The zero-order chi connectivity index (χ0) is 26.0. The number of nitrogens with two attached hydrogens (primary N) is 1. The molecule has 0 saturated heterocycles. The molecule has 0 aliphatic rings. The molecular weight excluding hydrogens is 472 g/mol. The Morgan fingerprint density at radius 1 is 0.765 bits per heavy atom. The van der Waals surface area contributed by atoms with Crippen LogP contribution in [-0.4, -0.2) is 75.3 Å². The Kier molecular flexibility index (Phi) is 15.3. The number of amides is 3. The molecule has 0 heterocycles. The number of aliphatic carboxylic acids is 2. The Balaban J connectivity index is 0. The first-order chi connectivity index (χ1) is 15.1. The number of carboxylic acids is 2. The number of aliphatic hydroxyl groups is 1. The number of carbonyl (C=O) groups is 5. The molecule has 198 valence electrons. The molecule has 0 spiro atoms. The van der Waals surface area contributed by atoms with Crippen LogP contribution in [-0.2, 0) is 24.0 Å². The number of carboxylic acid groups (broad SMARTS) is 2. The minimum atomic E-state index is -1.67. The van der Waals surface area contributed by atoms with Gasteiger partial charge in [0.15, 0.2) is 0 Å². The third-order valence-electron chi connectivity index (χ3n) is 4.90. The first kappa shape index (κ1) is 33.7. The maximum atomic E-state index is 12.9. The summed E-state index contributed by atoms with van der Waals surface area (Å²) in [7, 11) is 0. The molecule has 12 nitrogen and oxygen atoms in total. The van der Waals surface area contributed by atoms with Crippen LogP contribution in [0.15, 0.2) is 0 Å². The molecule has 0 rings (SSSR count). The van der Waals surface area contributed by atoms with Gasteiger partial charge in [0.1, 0.15) is 24.2 Å². The molecule has 0 aromatic rings. The fraction of sp³-hybridized carbons (Fsp3) is 0.762. The molecule has 0 fully saturated rings. The first-order valence-corrected chi connectivity index (χ1v) is 10.9. The Bertz CT molecular complexity index is 717. The van der Waals surface area contributed by atoms with E-state index in [0.717, 1.165) is 0 Å². The standard InChI is InChI=1S/C21H38N4O8.ClH/c1-9(2)7-12(22)17(28)20(31)25-16(11(5)6)19(30)24-15(10(3)4)18(29)23-13(21(32)33)8-14(26)27;/h9-13,15-17,28H,7-8,22H2,1-6H3,(H,23,29)(H,24,30)(H,25,31)(H,26,27)(H,32,33);1H/t12-,13-,15+,16-,17+;/m0./s1. The molecule has 0 aromatic carbocycles. The lowest BCUT2D eigenvalue weighted by atomic mass is 9.97. The molecule has 0 saturated carbocycles. The molecule has 8 N–H and O–H groups in total. The largest absolute Gasteiger partial charge is 0.481 e. The van der Waals surface area contributed by atoms with Gasteiger partial charge in [0.25, 0.3) is 5.91 Å². The van der Waals surface area contributed by atoms with Gasteiger partial charge in [-0.1, -0.05) is 41.5 Å². The van der Waals surface area contributed by atoms with E-state index >= 15 is 0 Å². The van der Waals surface area contributed by atoms with Crippen LogP contribution in [0.5, 0.6) is 0 Å². The van der Waals surface area contributed by atoms with Crippen molar-refractivity contribution in [2.24, 2.45) is 23.5 Å². The minimum Gasteiger partial charge on any atom is -0.481 e. The second-order valence-electron chi connectivity index (χ2n) is 9.20. The third kappa shape index (κ3) is 11.6. The molecule has 0 unspecified atom stereocenters. The van der Waals surface area contributed by atoms with Crippen molar-refractivity contribution in [1.29, 1.82) is 0 Å². The predicted molar refractivity (Wildman–Crippen MR) is 126 cm³/mol. The highest BCUT2D eigenvalue weighted by atomic mass is 35.5. The Labute approximate surface area is 205 Å². The highest BCUT2D eigenvalue weighted by Crippen LogP contribution is 2.10. The van der Waals surface area contributed by atoms with Crippen molar-refractivity contribution in [3.05, 3.63) is 0 Å². The van der Waals surface area contributed by atoms with Crippen molar-refractivity contribution in [2.45, 2.75) is 84.7 Å². The van der Waals surface area contributed by atoms with Crippen LogP contribution in [0, 0.1) is 17.8 Å². The van der Waals surface area contributed by atoms with Gasteiger partial charge >= 0.3 is 11.9 Å². The smallest absolute Gasteiger partial charge is 0.326 e. The summed E-state index contributed by atoms with van der Waals surface area (Å²) >= 11 is 0. The van der Waals surface area contributed by atoms with Crippen LogP contribution in [0.1, 0.15) is 54.4 Å². The predicted octanol–water partition coefficient (Wildman–Crippen LogP) is -0.532. The number of halogens is 1. The number of nitrogens with one attached hydrogen (secondary N) is 3. The zero-order valence-corrected chi connectivity index (χ0v) is 21.2. The van der Waals surface area contributed by atoms with Gasteiger partial charge in [0, 0.05) is 6.04 Å². The number of aliphatic hydroxyl groups excluding tert-OH is 1. The maximum absolute atomic E-state index is 12.9.